The average molecular weight is 183 g/mol. The van der Waals surface area contributed by atoms with E-state index in [1.54, 1.807) is 4.45 Å². The van der Waals surface area contributed by atoms with E-state index >= 15 is 0 Å². The molecule has 2 rings (SSSR count). The zero-order valence-corrected chi connectivity index (χ0v) is 7.64. The normalized spacial score (nSPS) is 10.8. The highest BCUT2D eigenvalue weighted by Gasteiger charge is 2.11. The second-order valence-corrected chi connectivity index (χ2v) is 3.08. The summed E-state index contributed by atoms with van der Waals surface area (Å²) in [7, 11) is 2.40. The zero-order valence-electron chi connectivity index (χ0n) is 6.48. The summed E-state index contributed by atoms with van der Waals surface area (Å²) >= 11 is 0. The molecule has 1 unspecified atom stereocenters. The number of H-pyrrole nitrogens is 1. The van der Waals surface area contributed by atoms with Crippen molar-refractivity contribution in [3.05, 3.63) is 23.0 Å². The van der Waals surface area contributed by atoms with Gasteiger partial charge in [0.1, 0.15) is 6.20 Å². The molecular formula is C6H8N4OP+. The first kappa shape index (κ1) is 7.43. The number of aryl methyl sites for hydroxylation is 1. The maximum atomic E-state index is 11.2. The summed E-state index contributed by atoms with van der Waals surface area (Å²) in [6, 6.07) is 0. The second kappa shape index (κ2) is 2.38. The minimum atomic E-state index is 0.538. The van der Waals surface area contributed by atoms with Crippen LogP contribution < -0.4 is 4.43 Å². The summed E-state index contributed by atoms with van der Waals surface area (Å²) in [5.41, 5.74) is 2.05. The highest BCUT2D eigenvalue weighted by Crippen LogP contribution is 2.07. The van der Waals surface area contributed by atoms with Gasteiger partial charge in [-0.3, -0.25) is 0 Å². The Morgan fingerprint density at radius 2 is 2.50 bits per heavy atom. The van der Waals surface area contributed by atoms with Gasteiger partial charge in [-0.2, -0.15) is 5.10 Å². The van der Waals surface area contributed by atoms with E-state index in [1.165, 1.54) is 12.4 Å². The predicted octanol–water partition coefficient (Wildman–Crippen LogP) is 0.226. The molecule has 2 aromatic heterocycles. The van der Waals surface area contributed by atoms with E-state index in [4.69, 9.17) is 0 Å². The van der Waals surface area contributed by atoms with Crippen LogP contribution in [-0.2, 0) is 0 Å². The zero-order chi connectivity index (χ0) is 8.72. The predicted molar refractivity (Wildman–Crippen MR) is 47.3 cm³/mol. The molecule has 0 aliphatic rings. The molecule has 5 nitrogen and oxygen atoms in total. The molecule has 1 atom stereocenters. The quantitative estimate of drug-likeness (QED) is 0.469. The number of rotatable bonds is 0. The van der Waals surface area contributed by atoms with Crippen molar-refractivity contribution in [1.82, 2.24) is 14.5 Å². The van der Waals surface area contributed by atoms with Crippen molar-refractivity contribution in [3.8, 4) is 0 Å². The van der Waals surface area contributed by atoms with Gasteiger partial charge in [0, 0.05) is 4.91 Å². The Balaban J connectivity index is 3.03. The largest absolute Gasteiger partial charge is 0.333 e. The fraction of sp³-hybridized carbons (Fsp3) is 0.167. The monoisotopic (exact) mass is 183 g/mol. The Morgan fingerprint density at radius 3 is 3.25 bits per heavy atom. The number of hydrogen-bond acceptors (Lipinski definition) is 2. The van der Waals surface area contributed by atoms with Gasteiger partial charge >= 0.3 is 5.52 Å². The molecule has 6 heteroatoms. The smallest absolute Gasteiger partial charge is 0.324 e. The third-order valence-corrected chi connectivity index (χ3v) is 2.03. The van der Waals surface area contributed by atoms with E-state index in [2.05, 4.69) is 19.5 Å². The molecule has 2 heterocycles. The van der Waals surface area contributed by atoms with Crippen LogP contribution in [0.1, 0.15) is 5.69 Å². The number of aromatic amines is 1. The second-order valence-electron chi connectivity index (χ2n) is 2.59. The van der Waals surface area contributed by atoms with Gasteiger partial charge < -0.3 is 4.98 Å². The molecule has 2 aromatic rings. The maximum Gasteiger partial charge on any atom is 0.324 e. The third kappa shape index (κ3) is 0.940. The van der Waals surface area contributed by atoms with Crippen molar-refractivity contribution >= 4 is 20.6 Å². The van der Waals surface area contributed by atoms with E-state index in [0.29, 0.717) is 11.2 Å². The Hall–Kier alpha value is -1.22. The van der Waals surface area contributed by atoms with Gasteiger partial charge in [0.2, 0.25) is 11.8 Å². The molecule has 1 N–H and O–H groups in total. The van der Waals surface area contributed by atoms with Crippen LogP contribution in [0.2, 0.25) is 0 Å². The molecule has 0 spiro atoms. The molecule has 0 saturated heterocycles. The summed E-state index contributed by atoms with van der Waals surface area (Å²) in [6.07, 6.45) is 3.00. The van der Waals surface area contributed by atoms with Gasteiger partial charge in [-0.25, -0.2) is 4.45 Å². The van der Waals surface area contributed by atoms with Crippen LogP contribution in [0.5, 0.6) is 0 Å². The van der Waals surface area contributed by atoms with E-state index in [0.717, 1.165) is 10.1 Å². The summed E-state index contributed by atoms with van der Waals surface area (Å²) in [4.78, 5) is 14.3. The van der Waals surface area contributed by atoms with Gasteiger partial charge in [-0.1, -0.05) is 0 Å². The number of hydrogen-bond donors (Lipinski definition) is 1. The van der Waals surface area contributed by atoms with E-state index < -0.39 is 0 Å². The fourth-order valence-electron chi connectivity index (χ4n) is 1.10. The van der Waals surface area contributed by atoms with Gasteiger partial charge in [0.05, 0.1) is 10.1 Å². The minimum absolute atomic E-state index is 0.538. The molecule has 0 aliphatic heterocycles. The average Bonchev–Trinajstić information content (AvgIpc) is 2.33. The highest BCUT2D eigenvalue weighted by atomic mass is 31.0. The molecule has 0 aliphatic carbocycles. The number of fused-ring (bicyclic) bond motifs is 1. The first-order valence-electron chi connectivity index (χ1n) is 3.43. The molecule has 0 aromatic carbocycles. The highest BCUT2D eigenvalue weighted by molar-refractivity contribution is 7.14. The summed E-state index contributed by atoms with van der Waals surface area (Å²) in [5.74, 6) is 0. The van der Waals surface area contributed by atoms with Crippen LogP contribution in [0.4, 0.5) is 0 Å². The van der Waals surface area contributed by atoms with Crippen LogP contribution in [0, 0.1) is 11.8 Å². The number of aromatic nitrogens is 4. The van der Waals surface area contributed by atoms with E-state index in [-0.39, 0.29) is 0 Å². The lowest BCUT2D eigenvalue weighted by Crippen LogP contribution is -2.15. The summed E-state index contributed by atoms with van der Waals surface area (Å²) in [6.45, 7) is 1.82. The topological polar surface area (TPSA) is 56.6 Å². The molecule has 0 fully saturated rings. The van der Waals surface area contributed by atoms with Crippen molar-refractivity contribution in [2.24, 2.45) is 0 Å². The summed E-state index contributed by atoms with van der Waals surface area (Å²) < 4.78 is 2.35. The fourth-order valence-corrected chi connectivity index (χ4v) is 1.36. The van der Waals surface area contributed by atoms with Crippen LogP contribution >= 0.6 is 9.39 Å². The van der Waals surface area contributed by atoms with Crippen molar-refractivity contribution in [1.29, 1.82) is 0 Å². The maximum absolute atomic E-state index is 11.2. The number of nitrogens with one attached hydrogen (secondary N) is 1. The van der Waals surface area contributed by atoms with Crippen LogP contribution in [-0.4, -0.2) is 14.5 Å². The van der Waals surface area contributed by atoms with E-state index in [1.807, 2.05) is 6.92 Å². The Morgan fingerprint density at radius 1 is 1.75 bits per heavy atom. The first-order valence-corrected chi connectivity index (χ1v) is 3.95. The lowest BCUT2D eigenvalue weighted by atomic mass is 10.5. The van der Waals surface area contributed by atoms with Gasteiger partial charge in [0.15, 0.2) is 0 Å². The van der Waals surface area contributed by atoms with Crippen LogP contribution in [0.25, 0.3) is 11.2 Å². The van der Waals surface area contributed by atoms with E-state index in [9.17, 15) is 4.91 Å². The van der Waals surface area contributed by atoms with Gasteiger partial charge in [-0.05, 0) is 16.3 Å². The van der Waals surface area contributed by atoms with Crippen LogP contribution in [0.3, 0.4) is 0 Å². The molecule has 62 valence electrons. The Kier molecular flexibility index (Phi) is 1.48. The molecule has 0 saturated carbocycles. The van der Waals surface area contributed by atoms with Crippen molar-refractivity contribution in [3.63, 3.8) is 0 Å². The third-order valence-electron chi connectivity index (χ3n) is 1.64. The molecular weight excluding hydrogens is 175 g/mol. The van der Waals surface area contributed by atoms with Crippen molar-refractivity contribution in [2.75, 3.05) is 0 Å². The lowest BCUT2D eigenvalue weighted by molar-refractivity contribution is -0.464. The van der Waals surface area contributed by atoms with Gasteiger partial charge in [0.25, 0.3) is 0 Å². The standard InChI is InChI=1S/C6H8N4OP/c1-4-3-9(11)5-2-7-10(12)6(5)8-4/h2-3H,12H2,1H3,(H,8,11)/q+1. The Bertz CT molecular complexity index is 486. The minimum Gasteiger partial charge on any atom is -0.333 e. The lowest BCUT2D eigenvalue weighted by Gasteiger charge is -1.90. The molecule has 0 bridgehead atoms. The SMILES string of the molecule is Cc1c[n+](=O)c2cnn(P)c2[nH]1. The van der Waals surface area contributed by atoms with Crippen molar-refractivity contribution < 1.29 is 4.43 Å². The first-order chi connectivity index (χ1) is 5.68. The number of nitrogens with zero attached hydrogens (tertiary/aromatic N) is 3. The summed E-state index contributed by atoms with van der Waals surface area (Å²) in [5, 5.41) is 3.93. The van der Waals surface area contributed by atoms with Gasteiger partial charge in [-0.15, -0.1) is 0 Å². The van der Waals surface area contributed by atoms with Crippen molar-refractivity contribution in [2.45, 2.75) is 6.92 Å². The molecule has 0 amide bonds. The Labute approximate surface area is 70.3 Å². The molecule has 0 radical (unpaired) electrons. The van der Waals surface area contributed by atoms with Crippen LogP contribution in [0.15, 0.2) is 12.4 Å². The molecule has 12 heavy (non-hydrogen) atoms.